The second-order valence-electron chi connectivity index (χ2n) is 5.77. The summed E-state index contributed by atoms with van der Waals surface area (Å²) in [5.41, 5.74) is 0. The molecule has 5 heteroatoms. The summed E-state index contributed by atoms with van der Waals surface area (Å²) in [6.45, 7) is 11.8. The van der Waals surface area contributed by atoms with Crippen LogP contribution in [0.5, 0.6) is 0 Å². The largest absolute Gasteiger partial charge is 2.00 e. The van der Waals surface area contributed by atoms with Crippen molar-refractivity contribution in [3.05, 3.63) is 13.3 Å². The zero-order valence-electron chi connectivity index (χ0n) is 13.4. The zero-order valence-corrected chi connectivity index (χ0v) is 19.7. The molecule has 0 saturated carbocycles. The number of nitrogens with zero attached hydrogens (tertiary/aromatic N) is 1. The first-order valence-electron chi connectivity index (χ1n) is 7.83. The molecular weight excluding hydrogens is 601 g/mol. The summed E-state index contributed by atoms with van der Waals surface area (Å²) in [6, 6.07) is 0.0301. The molecule has 1 N–H and O–H groups in total. The molecule has 0 aromatic rings. The Morgan fingerprint density at radius 1 is 1.48 bits per heavy atom. The molecule has 0 radical (unpaired) electrons. The van der Waals surface area contributed by atoms with Crippen molar-refractivity contribution in [2.24, 2.45) is 5.92 Å². The van der Waals surface area contributed by atoms with Gasteiger partial charge in [0.05, 0.1) is 0 Å². The van der Waals surface area contributed by atoms with Gasteiger partial charge in [0.1, 0.15) is 0 Å². The molecule has 1 aliphatic rings. The van der Waals surface area contributed by atoms with E-state index in [1.54, 1.807) is 0 Å². The first-order chi connectivity index (χ1) is 9.55. The van der Waals surface area contributed by atoms with Crippen LogP contribution in [0.25, 0.3) is 0 Å². The number of rotatable bonds is 8. The van der Waals surface area contributed by atoms with Crippen molar-refractivity contribution >= 4 is 28.5 Å². The molecule has 1 saturated heterocycles. The summed E-state index contributed by atoms with van der Waals surface area (Å²) >= 11 is 2.38. The maximum absolute atomic E-state index is 11.9. The van der Waals surface area contributed by atoms with Gasteiger partial charge in [-0.25, -0.2) is 0 Å². The van der Waals surface area contributed by atoms with Crippen molar-refractivity contribution in [2.75, 3.05) is 19.6 Å². The maximum atomic E-state index is 11.9. The number of amides is 1. The van der Waals surface area contributed by atoms with E-state index >= 15 is 0 Å². The molecule has 2 atom stereocenters. The molecule has 3 nitrogen and oxygen atoms in total. The fourth-order valence-electron chi connectivity index (χ4n) is 2.69. The van der Waals surface area contributed by atoms with Crippen LogP contribution in [-0.2, 0) is 4.79 Å². The van der Waals surface area contributed by atoms with Crippen LogP contribution in [0.1, 0.15) is 46.0 Å². The van der Waals surface area contributed by atoms with Gasteiger partial charge in [0.25, 0.3) is 0 Å². The van der Waals surface area contributed by atoms with Gasteiger partial charge in [0.2, 0.25) is 5.91 Å². The van der Waals surface area contributed by atoms with E-state index in [9.17, 15) is 4.79 Å². The second kappa shape index (κ2) is 12.6. The van der Waals surface area contributed by atoms with Gasteiger partial charge in [-0.15, -0.1) is 26.5 Å². The van der Waals surface area contributed by atoms with E-state index < -0.39 is 0 Å². The van der Waals surface area contributed by atoms with E-state index in [4.69, 9.17) is 0 Å². The quantitative estimate of drug-likeness (QED) is 0.254. The minimum atomic E-state index is 0. The monoisotopic (exact) mass is 630 g/mol. The summed E-state index contributed by atoms with van der Waals surface area (Å²) in [4.78, 5) is 14.4. The number of piperidine rings is 1. The molecule has 1 amide bonds. The predicted molar refractivity (Wildman–Crippen MR) is 93.8 cm³/mol. The summed E-state index contributed by atoms with van der Waals surface area (Å²) in [5, 5.41) is 3.02. The fraction of sp³-hybridized carbons (Fsp3) is 0.812. The van der Waals surface area contributed by atoms with Gasteiger partial charge in [0.15, 0.2) is 0 Å². The third kappa shape index (κ3) is 9.84. The molecule has 1 fully saturated rings. The van der Waals surface area contributed by atoms with Crippen LogP contribution in [-0.4, -0.2) is 40.4 Å². The van der Waals surface area contributed by atoms with Crippen molar-refractivity contribution in [3.8, 4) is 0 Å². The minimum Gasteiger partial charge on any atom is -0.383 e. The first-order valence-corrected chi connectivity index (χ1v) is 9.08. The molecule has 1 heterocycles. The van der Waals surface area contributed by atoms with Gasteiger partial charge in [-0.05, 0) is 44.8 Å². The molecule has 0 bridgehead atoms. The molecule has 1 unspecified atom stereocenters. The van der Waals surface area contributed by atoms with Crippen LogP contribution in [0.15, 0.2) is 0 Å². The Morgan fingerprint density at radius 3 is 2.62 bits per heavy atom. The van der Waals surface area contributed by atoms with E-state index in [1.807, 2.05) is 6.92 Å². The smallest absolute Gasteiger partial charge is 0.383 e. The van der Waals surface area contributed by atoms with Gasteiger partial charge in [-0.3, -0.25) is 4.79 Å². The molecule has 21 heavy (non-hydrogen) atoms. The van der Waals surface area contributed by atoms with E-state index in [1.165, 1.54) is 25.9 Å². The van der Waals surface area contributed by atoms with Crippen molar-refractivity contribution in [3.63, 3.8) is 0 Å². The molecule has 0 aromatic heterocycles. The summed E-state index contributed by atoms with van der Waals surface area (Å²) in [5.74, 6) is 0.899. The molecule has 0 spiro atoms. The molecule has 1 rings (SSSR count). The Hall–Kier alpha value is 1.21. The number of carbonyl (C=O) groups is 1. The number of likely N-dealkylation sites (tertiary alicyclic amines) is 1. The van der Waals surface area contributed by atoms with Crippen molar-refractivity contribution in [1.82, 2.24) is 10.2 Å². The second-order valence-corrected chi connectivity index (χ2v) is 7.37. The van der Waals surface area contributed by atoms with Crippen LogP contribution in [0.4, 0.5) is 0 Å². The molecule has 0 aliphatic carbocycles. The van der Waals surface area contributed by atoms with Gasteiger partial charge in [0, 0.05) is 6.42 Å². The summed E-state index contributed by atoms with van der Waals surface area (Å²) in [6.07, 6.45) is 7.24. The molecule has 1 aliphatic heterocycles. The zero-order chi connectivity index (χ0) is 15.0. The number of hydrogen-bond donors (Lipinski definition) is 1. The van der Waals surface area contributed by atoms with Crippen molar-refractivity contribution in [2.45, 2.75) is 55.9 Å². The van der Waals surface area contributed by atoms with Crippen LogP contribution >= 0.6 is 22.6 Å². The SMILES string of the molecule is [CH2-][C@H](CC(I)[CH-]C)NC(=O)CCC1CCN(CC)CC1.[U+2]. The number of alkyl halides is 1. The Kier molecular flexibility index (Phi) is 13.3. The van der Waals surface area contributed by atoms with E-state index in [0.29, 0.717) is 10.3 Å². The first kappa shape index (κ1) is 22.2. The van der Waals surface area contributed by atoms with Gasteiger partial charge < -0.3 is 23.6 Å². The predicted octanol–water partition coefficient (Wildman–Crippen LogP) is 3.24. The Bertz CT molecular complexity index is 283. The van der Waals surface area contributed by atoms with E-state index in [2.05, 4.69) is 53.1 Å². The third-order valence-corrected chi connectivity index (χ3v) is 5.40. The van der Waals surface area contributed by atoms with Gasteiger partial charge >= 0.3 is 31.1 Å². The normalized spacial score (nSPS) is 19.6. The minimum absolute atomic E-state index is 0. The summed E-state index contributed by atoms with van der Waals surface area (Å²) in [7, 11) is 0. The molecular formula is C16H29IN2OU. The number of carbonyl (C=O) groups excluding carboxylic acids is 1. The maximum Gasteiger partial charge on any atom is 2.00 e. The third-order valence-electron chi connectivity index (χ3n) is 4.17. The Balaban J connectivity index is 0.00000400. The number of hydrogen-bond acceptors (Lipinski definition) is 2. The van der Waals surface area contributed by atoms with Crippen LogP contribution in [0.2, 0.25) is 0 Å². The topological polar surface area (TPSA) is 32.3 Å². The Morgan fingerprint density at radius 2 is 2.10 bits per heavy atom. The number of nitrogens with one attached hydrogen (secondary N) is 1. The average molecular weight is 630 g/mol. The van der Waals surface area contributed by atoms with Crippen molar-refractivity contribution in [1.29, 1.82) is 0 Å². The standard InChI is InChI=1S/C16H29IN2O.U/c1-4-15(17)12-13(3)18-16(20)7-6-14-8-10-19(5-2)11-9-14;/h4,13-15H,3,5-12H2,1-2H3,(H,18,20);/q-2;+2/t13-,15?;/m1./s1. The molecule has 0 aromatic carbocycles. The van der Waals surface area contributed by atoms with E-state index in [-0.39, 0.29) is 43.1 Å². The fourth-order valence-corrected chi connectivity index (χ4v) is 3.31. The molecule has 120 valence electrons. The van der Waals surface area contributed by atoms with Gasteiger partial charge in [-0.2, -0.15) is 6.92 Å². The van der Waals surface area contributed by atoms with Crippen LogP contribution < -0.4 is 5.32 Å². The van der Waals surface area contributed by atoms with E-state index in [0.717, 1.165) is 25.3 Å². The average Bonchev–Trinajstić information content (AvgIpc) is 2.45. The summed E-state index contributed by atoms with van der Waals surface area (Å²) < 4.78 is 0.480. The number of halogens is 1. The Labute approximate surface area is 168 Å². The van der Waals surface area contributed by atoms with Gasteiger partial charge in [-0.1, -0.05) is 19.4 Å². The van der Waals surface area contributed by atoms with Crippen LogP contribution in [0.3, 0.4) is 0 Å². The van der Waals surface area contributed by atoms with Crippen LogP contribution in [0, 0.1) is 50.4 Å². The van der Waals surface area contributed by atoms with Crippen molar-refractivity contribution < 1.29 is 35.9 Å².